The molecule has 236 valence electrons. The van der Waals surface area contributed by atoms with E-state index in [0.717, 1.165) is 23.3 Å². The van der Waals surface area contributed by atoms with Gasteiger partial charge in [0.05, 0.1) is 12.2 Å². The molecule has 0 aliphatic heterocycles. The molecular formula is C33H38F3N3O5. The van der Waals surface area contributed by atoms with Crippen LogP contribution in [0.25, 0.3) is 0 Å². The summed E-state index contributed by atoms with van der Waals surface area (Å²) >= 11 is 0. The van der Waals surface area contributed by atoms with E-state index in [1.165, 1.54) is 12.1 Å². The molecule has 44 heavy (non-hydrogen) atoms. The molecule has 0 aliphatic rings. The van der Waals surface area contributed by atoms with Gasteiger partial charge < -0.3 is 25.4 Å². The Morgan fingerprint density at radius 2 is 1.36 bits per heavy atom. The predicted molar refractivity (Wildman–Crippen MR) is 161 cm³/mol. The number of aryl methyl sites for hydroxylation is 1. The summed E-state index contributed by atoms with van der Waals surface area (Å²) < 4.78 is 50.8. The zero-order valence-electron chi connectivity index (χ0n) is 24.9. The first-order chi connectivity index (χ1) is 20.8. The maximum Gasteiger partial charge on any atom is 0.416 e. The minimum atomic E-state index is -4.59. The van der Waals surface area contributed by atoms with Gasteiger partial charge in [0.15, 0.2) is 0 Å². The Hall–Kier alpha value is -4.38. The van der Waals surface area contributed by atoms with E-state index < -0.39 is 47.3 Å². The summed E-state index contributed by atoms with van der Waals surface area (Å²) in [6.07, 6.45) is -4.81. The van der Waals surface area contributed by atoms with E-state index in [4.69, 9.17) is 9.47 Å². The van der Waals surface area contributed by atoms with Crippen LogP contribution in [0.1, 0.15) is 50.3 Å². The maximum absolute atomic E-state index is 13.5. The van der Waals surface area contributed by atoms with E-state index in [1.807, 2.05) is 60.7 Å². The van der Waals surface area contributed by atoms with Crippen molar-refractivity contribution in [1.29, 1.82) is 0 Å². The Kier molecular flexibility index (Phi) is 12.3. The number of carbonyl (C=O) groups excluding carboxylic acids is 3. The standard InChI is InChI=1S/C33H38F3N3O5/c1-32(2,3)44-31(42)39-28(19-20-43-22-24-13-8-5-9-14-24)30(41)38-27(18-17-23-11-6-4-7-12-23)29(40)37-26-16-10-15-25(21-26)33(34,35)36/h4-16,21,27-28H,17-20,22H2,1-3H3,(H,37,40)(H,38,41)(H,39,42). The normalized spacial score (nSPS) is 13.0. The van der Waals surface area contributed by atoms with E-state index in [9.17, 15) is 27.6 Å². The minimum absolute atomic E-state index is 0.0680. The number of hydrogen-bond donors (Lipinski definition) is 3. The average Bonchev–Trinajstić information content (AvgIpc) is 2.96. The Labute approximate surface area is 255 Å². The molecule has 0 bridgehead atoms. The molecular weight excluding hydrogens is 575 g/mol. The molecule has 0 saturated heterocycles. The van der Waals surface area contributed by atoms with Crippen LogP contribution in [-0.4, -0.2) is 42.2 Å². The lowest BCUT2D eigenvalue weighted by Gasteiger charge is -2.25. The predicted octanol–water partition coefficient (Wildman–Crippen LogP) is 6.26. The third-order valence-electron chi connectivity index (χ3n) is 6.32. The van der Waals surface area contributed by atoms with Gasteiger partial charge in [0, 0.05) is 18.7 Å². The monoisotopic (exact) mass is 613 g/mol. The van der Waals surface area contributed by atoms with E-state index in [1.54, 1.807) is 20.8 Å². The van der Waals surface area contributed by atoms with Crippen LogP contribution in [0.15, 0.2) is 84.9 Å². The van der Waals surface area contributed by atoms with Crippen LogP contribution >= 0.6 is 0 Å². The first-order valence-corrected chi connectivity index (χ1v) is 14.2. The molecule has 0 fully saturated rings. The Bertz CT molecular complexity index is 1360. The van der Waals surface area contributed by atoms with E-state index >= 15 is 0 Å². The summed E-state index contributed by atoms with van der Waals surface area (Å²) in [4.78, 5) is 39.4. The molecule has 3 amide bonds. The van der Waals surface area contributed by atoms with Gasteiger partial charge in [0.25, 0.3) is 0 Å². The van der Waals surface area contributed by atoms with Crippen LogP contribution in [0.5, 0.6) is 0 Å². The molecule has 11 heteroatoms. The Morgan fingerprint density at radius 3 is 1.98 bits per heavy atom. The lowest BCUT2D eigenvalue weighted by Crippen LogP contribution is -2.53. The molecule has 0 spiro atoms. The zero-order valence-corrected chi connectivity index (χ0v) is 24.9. The van der Waals surface area contributed by atoms with Crippen molar-refractivity contribution >= 4 is 23.6 Å². The third kappa shape index (κ3) is 12.1. The number of amides is 3. The lowest BCUT2D eigenvalue weighted by molar-refractivity contribution is -0.137. The van der Waals surface area contributed by atoms with Crippen LogP contribution in [-0.2, 0) is 38.3 Å². The van der Waals surface area contributed by atoms with Crippen molar-refractivity contribution in [3.63, 3.8) is 0 Å². The number of rotatable bonds is 13. The SMILES string of the molecule is CC(C)(C)OC(=O)NC(CCOCc1ccccc1)C(=O)NC(CCc1ccccc1)C(=O)Nc1cccc(C(F)(F)F)c1. The second-order valence-electron chi connectivity index (χ2n) is 11.2. The molecule has 0 aliphatic carbocycles. The van der Waals surface area contributed by atoms with Crippen LogP contribution in [0.3, 0.4) is 0 Å². The number of hydrogen-bond acceptors (Lipinski definition) is 5. The summed E-state index contributed by atoms with van der Waals surface area (Å²) in [6, 6.07) is 20.6. The molecule has 2 unspecified atom stereocenters. The molecule has 0 radical (unpaired) electrons. The van der Waals surface area contributed by atoms with E-state index in [-0.39, 0.29) is 25.1 Å². The summed E-state index contributed by atoms with van der Waals surface area (Å²) in [5.41, 5.74) is 0.0221. The molecule has 3 aromatic carbocycles. The van der Waals surface area contributed by atoms with Crippen molar-refractivity contribution in [1.82, 2.24) is 10.6 Å². The number of alkyl halides is 3. The highest BCUT2D eigenvalue weighted by molar-refractivity contribution is 5.98. The summed E-state index contributed by atoms with van der Waals surface area (Å²) in [5.74, 6) is -1.37. The second-order valence-corrected chi connectivity index (χ2v) is 11.2. The summed E-state index contributed by atoms with van der Waals surface area (Å²) in [7, 11) is 0. The highest BCUT2D eigenvalue weighted by Gasteiger charge is 2.31. The second kappa shape index (κ2) is 15.9. The van der Waals surface area contributed by atoms with E-state index in [0.29, 0.717) is 13.0 Å². The number of alkyl carbamates (subject to hydrolysis) is 1. The number of carbonyl (C=O) groups is 3. The van der Waals surface area contributed by atoms with Crippen LogP contribution < -0.4 is 16.0 Å². The number of anilines is 1. The van der Waals surface area contributed by atoms with Gasteiger partial charge >= 0.3 is 12.3 Å². The molecule has 0 aromatic heterocycles. The van der Waals surface area contributed by atoms with Crippen LogP contribution in [0, 0.1) is 0 Å². The smallest absolute Gasteiger partial charge is 0.416 e. The maximum atomic E-state index is 13.5. The van der Waals surface area contributed by atoms with Gasteiger partial charge in [-0.3, -0.25) is 9.59 Å². The van der Waals surface area contributed by atoms with Gasteiger partial charge in [-0.1, -0.05) is 66.7 Å². The average molecular weight is 614 g/mol. The molecule has 0 heterocycles. The molecule has 3 aromatic rings. The lowest BCUT2D eigenvalue weighted by atomic mass is 10.0. The number of nitrogens with one attached hydrogen (secondary N) is 3. The number of halogens is 3. The Morgan fingerprint density at radius 1 is 0.750 bits per heavy atom. The minimum Gasteiger partial charge on any atom is -0.444 e. The third-order valence-corrected chi connectivity index (χ3v) is 6.32. The summed E-state index contributed by atoms with van der Waals surface area (Å²) in [6.45, 7) is 5.45. The molecule has 3 rings (SSSR count). The fourth-order valence-corrected chi connectivity index (χ4v) is 4.18. The van der Waals surface area contributed by atoms with Gasteiger partial charge in [0.1, 0.15) is 17.7 Å². The first-order valence-electron chi connectivity index (χ1n) is 14.2. The Balaban J connectivity index is 1.75. The van der Waals surface area contributed by atoms with Crippen molar-refractivity contribution in [2.24, 2.45) is 0 Å². The molecule has 2 atom stereocenters. The van der Waals surface area contributed by atoms with Crippen molar-refractivity contribution in [2.45, 2.75) is 70.5 Å². The van der Waals surface area contributed by atoms with Crippen molar-refractivity contribution in [3.8, 4) is 0 Å². The fourth-order valence-electron chi connectivity index (χ4n) is 4.18. The van der Waals surface area contributed by atoms with Crippen molar-refractivity contribution in [2.75, 3.05) is 11.9 Å². The van der Waals surface area contributed by atoms with Gasteiger partial charge in [-0.2, -0.15) is 13.2 Å². The zero-order chi connectivity index (χ0) is 32.2. The molecule has 3 N–H and O–H groups in total. The van der Waals surface area contributed by atoms with Gasteiger partial charge in [-0.05, 0) is 62.9 Å². The highest BCUT2D eigenvalue weighted by Crippen LogP contribution is 2.30. The summed E-state index contributed by atoms with van der Waals surface area (Å²) in [5, 5.41) is 7.72. The van der Waals surface area contributed by atoms with E-state index in [2.05, 4.69) is 16.0 Å². The van der Waals surface area contributed by atoms with Crippen LogP contribution in [0.4, 0.5) is 23.7 Å². The quantitative estimate of drug-likeness (QED) is 0.197. The number of benzene rings is 3. The largest absolute Gasteiger partial charge is 0.444 e. The van der Waals surface area contributed by atoms with Crippen LogP contribution in [0.2, 0.25) is 0 Å². The molecule has 8 nitrogen and oxygen atoms in total. The van der Waals surface area contributed by atoms with Gasteiger partial charge in [-0.25, -0.2) is 4.79 Å². The van der Waals surface area contributed by atoms with Gasteiger partial charge in [0.2, 0.25) is 11.8 Å². The number of ether oxygens (including phenoxy) is 2. The fraction of sp³-hybridized carbons (Fsp3) is 0.364. The first kappa shape index (κ1) is 34.1. The molecule has 0 saturated carbocycles. The topological polar surface area (TPSA) is 106 Å². The van der Waals surface area contributed by atoms with Crippen molar-refractivity contribution in [3.05, 3.63) is 102 Å². The highest BCUT2D eigenvalue weighted by atomic mass is 19.4. The van der Waals surface area contributed by atoms with Gasteiger partial charge in [-0.15, -0.1) is 0 Å². The van der Waals surface area contributed by atoms with Crippen molar-refractivity contribution < 1.29 is 37.0 Å².